The largest absolute Gasteiger partial charge is 0.349 e. The first-order valence-corrected chi connectivity index (χ1v) is 10.7. The Kier molecular flexibility index (Phi) is 5.59. The Morgan fingerprint density at radius 2 is 1.84 bits per heavy atom. The Bertz CT molecular complexity index is 735. The lowest BCUT2D eigenvalue weighted by Crippen LogP contribution is -2.48. The molecule has 1 aromatic rings. The highest BCUT2D eigenvalue weighted by atomic mass is 32.2. The van der Waals surface area contributed by atoms with Crippen molar-refractivity contribution in [1.82, 2.24) is 10.2 Å². The Hall–Kier alpha value is -1.66. The molecule has 5 nitrogen and oxygen atoms in total. The third kappa shape index (κ3) is 4.92. The Balaban J connectivity index is 1.49. The number of hydrogen-bond donors (Lipinski definition) is 1. The number of hydrogen-bond acceptors (Lipinski definition) is 4. The molecule has 0 radical (unpaired) electrons. The van der Waals surface area contributed by atoms with E-state index in [4.69, 9.17) is 0 Å². The van der Waals surface area contributed by atoms with E-state index in [0.717, 1.165) is 37.9 Å². The van der Waals surface area contributed by atoms with E-state index < -0.39 is 9.84 Å². The molecule has 2 saturated heterocycles. The second-order valence-corrected chi connectivity index (χ2v) is 9.31. The summed E-state index contributed by atoms with van der Waals surface area (Å²) in [6.45, 7) is 3.54. The van der Waals surface area contributed by atoms with Crippen LogP contribution in [0, 0.1) is 0 Å². The molecular formula is C19H26N2O3S. The van der Waals surface area contributed by atoms with Crippen LogP contribution >= 0.6 is 0 Å². The molecular weight excluding hydrogens is 336 g/mol. The van der Waals surface area contributed by atoms with Crippen LogP contribution in [0.5, 0.6) is 0 Å². The van der Waals surface area contributed by atoms with E-state index in [9.17, 15) is 13.2 Å². The van der Waals surface area contributed by atoms with Crippen molar-refractivity contribution in [2.75, 3.05) is 24.6 Å². The van der Waals surface area contributed by atoms with Crippen LogP contribution in [-0.2, 0) is 14.6 Å². The van der Waals surface area contributed by atoms with Gasteiger partial charge >= 0.3 is 0 Å². The summed E-state index contributed by atoms with van der Waals surface area (Å²) in [6, 6.07) is 10.2. The first-order valence-electron chi connectivity index (χ1n) is 8.92. The number of amides is 1. The molecule has 1 N–H and O–H groups in total. The van der Waals surface area contributed by atoms with Crippen LogP contribution in [0.25, 0.3) is 6.08 Å². The van der Waals surface area contributed by atoms with Gasteiger partial charge in [-0.05, 0) is 37.8 Å². The maximum absolute atomic E-state index is 12.4. The van der Waals surface area contributed by atoms with Gasteiger partial charge in [-0.2, -0.15) is 0 Å². The molecule has 1 amide bonds. The van der Waals surface area contributed by atoms with Crippen molar-refractivity contribution in [1.29, 1.82) is 0 Å². The second kappa shape index (κ2) is 7.70. The fourth-order valence-corrected chi connectivity index (χ4v) is 5.40. The van der Waals surface area contributed by atoms with E-state index in [1.54, 1.807) is 0 Å². The summed E-state index contributed by atoms with van der Waals surface area (Å²) < 4.78 is 23.3. The van der Waals surface area contributed by atoms with Crippen molar-refractivity contribution in [2.24, 2.45) is 0 Å². The van der Waals surface area contributed by atoms with Gasteiger partial charge in [-0.3, -0.25) is 9.69 Å². The number of rotatable bonds is 4. The lowest BCUT2D eigenvalue weighted by molar-refractivity contribution is -0.118. The van der Waals surface area contributed by atoms with Crippen molar-refractivity contribution >= 4 is 21.8 Å². The van der Waals surface area contributed by atoms with E-state index >= 15 is 0 Å². The minimum absolute atomic E-state index is 0.0225. The van der Waals surface area contributed by atoms with Crippen LogP contribution in [0.1, 0.15) is 31.7 Å². The average molecular weight is 362 g/mol. The predicted molar refractivity (Wildman–Crippen MR) is 99.9 cm³/mol. The van der Waals surface area contributed by atoms with Crippen LogP contribution < -0.4 is 5.32 Å². The predicted octanol–water partition coefficient (Wildman–Crippen LogP) is 1.86. The Labute approximate surface area is 150 Å². The van der Waals surface area contributed by atoms with Gasteiger partial charge in [0.15, 0.2) is 9.84 Å². The zero-order chi connectivity index (χ0) is 17.9. The number of likely N-dealkylation sites (tertiary alicyclic amines) is 1. The van der Waals surface area contributed by atoms with Gasteiger partial charge in [-0.15, -0.1) is 0 Å². The molecule has 0 spiro atoms. The number of carbonyl (C=O) groups excluding carboxylic acids is 1. The maximum atomic E-state index is 12.4. The lowest BCUT2D eigenvalue weighted by atomic mass is 10.0. The van der Waals surface area contributed by atoms with Gasteiger partial charge in [0.1, 0.15) is 0 Å². The standard InChI is InChI=1S/C19H26N2O3S/c1-15(13-16-5-3-2-4-6-16)19(22)20-17-7-10-21(11-8-17)18-9-12-25(23,24)14-18/h2-6,13,17-18H,7-12,14H2,1H3,(H,20,22)/b15-13-. The van der Waals surface area contributed by atoms with Crippen LogP contribution in [-0.4, -0.2) is 55.9 Å². The number of nitrogens with one attached hydrogen (secondary N) is 1. The summed E-state index contributed by atoms with van der Waals surface area (Å²) in [4.78, 5) is 14.6. The van der Waals surface area contributed by atoms with Crippen LogP contribution in [0.15, 0.2) is 35.9 Å². The van der Waals surface area contributed by atoms with Gasteiger partial charge in [0.2, 0.25) is 5.91 Å². The van der Waals surface area contributed by atoms with Crippen molar-refractivity contribution in [3.05, 3.63) is 41.5 Å². The molecule has 136 valence electrons. The van der Waals surface area contributed by atoms with Crippen molar-refractivity contribution in [2.45, 2.75) is 38.3 Å². The van der Waals surface area contributed by atoms with Gasteiger partial charge in [0.05, 0.1) is 11.5 Å². The normalized spacial score (nSPS) is 25.0. The molecule has 6 heteroatoms. The monoisotopic (exact) mass is 362 g/mol. The third-order valence-corrected chi connectivity index (χ3v) is 6.88. The van der Waals surface area contributed by atoms with Crippen molar-refractivity contribution in [3.63, 3.8) is 0 Å². The molecule has 1 unspecified atom stereocenters. The average Bonchev–Trinajstić information content (AvgIpc) is 2.96. The smallest absolute Gasteiger partial charge is 0.247 e. The van der Waals surface area contributed by atoms with Crippen LogP contribution in [0.3, 0.4) is 0 Å². The van der Waals surface area contributed by atoms with E-state index in [1.165, 1.54) is 0 Å². The minimum Gasteiger partial charge on any atom is -0.349 e. The maximum Gasteiger partial charge on any atom is 0.247 e. The minimum atomic E-state index is -2.84. The van der Waals surface area contributed by atoms with Crippen molar-refractivity contribution in [3.8, 4) is 0 Å². The van der Waals surface area contributed by atoms with Gasteiger partial charge in [0.25, 0.3) is 0 Å². The third-order valence-electron chi connectivity index (χ3n) is 5.13. The summed E-state index contributed by atoms with van der Waals surface area (Å²) in [7, 11) is -2.84. The lowest BCUT2D eigenvalue weighted by Gasteiger charge is -2.35. The molecule has 1 aromatic carbocycles. The summed E-state index contributed by atoms with van der Waals surface area (Å²) in [5.41, 5.74) is 1.72. The number of carbonyl (C=O) groups is 1. The molecule has 0 aliphatic carbocycles. The molecule has 1 atom stereocenters. The van der Waals surface area contributed by atoms with Crippen LogP contribution in [0.4, 0.5) is 0 Å². The zero-order valence-corrected chi connectivity index (χ0v) is 15.5. The summed E-state index contributed by atoms with van der Waals surface area (Å²) in [6.07, 6.45) is 4.40. The highest BCUT2D eigenvalue weighted by Gasteiger charge is 2.34. The highest BCUT2D eigenvalue weighted by Crippen LogP contribution is 2.22. The quantitative estimate of drug-likeness (QED) is 0.830. The zero-order valence-electron chi connectivity index (χ0n) is 14.6. The molecule has 25 heavy (non-hydrogen) atoms. The first-order chi connectivity index (χ1) is 11.9. The first kappa shape index (κ1) is 18.1. The summed E-state index contributed by atoms with van der Waals surface area (Å²) in [5, 5.41) is 3.11. The van der Waals surface area contributed by atoms with Gasteiger partial charge < -0.3 is 5.32 Å². The number of sulfone groups is 1. The van der Waals surface area contributed by atoms with Gasteiger partial charge in [0, 0.05) is 30.7 Å². The summed E-state index contributed by atoms with van der Waals surface area (Å²) >= 11 is 0. The molecule has 3 rings (SSSR count). The van der Waals surface area contributed by atoms with E-state index in [1.807, 2.05) is 43.3 Å². The van der Waals surface area contributed by atoms with Crippen LogP contribution in [0.2, 0.25) is 0 Å². The molecule has 0 bridgehead atoms. The Morgan fingerprint density at radius 1 is 1.16 bits per heavy atom. The highest BCUT2D eigenvalue weighted by molar-refractivity contribution is 7.91. The Morgan fingerprint density at radius 3 is 2.44 bits per heavy atom. The van der Waals surface area contributed by atoms with E-state index in [2.05, 4.69) is 10.2 Å². The van der Waals surface area contributed by atoms with Crippen molar-refractivity contribution < 1.29 is 13.2 Å². The molecule has 2 aliphatic heterocycles. The number of piperidine rings is 1. The number of benzene rings is 1. The van der Waals surface area contributed by atoms with E-state index in [0.29, 0.717) is 17.1 Å². The molecule has 0 aromatic heterocycles. The van der Waals surface area contributed by atoms with Gasteiger partial charge in [-0.25, -0.2) is 8.42 Å². The molecule has 0 saturated carbocycles. The van der Waals surface area contributed by atoms with Gasteiger partial charge in [-0.1, -0.05) is 30.3 Å². The molecule has 2 heterocycles. The number of nitrogens with zero attached hydrogens (tertiary/aromatic N) is 1. The second-order valence-electron chi connectivity index (χ2n) is 7.08. The fourth-order valence-electron chi connectivity index (χ4n) is 3.64. The summed E-state index contributed by atoms with van der Waals surface area (Å²) in [5.74, 6) is 0.589. The SMILES string of the molecule is C/C(=C/c1ccccc1)C(=O)NC1CCN(C2CCS(=O)(=O)C2)CC1. The topological polar surface area (TPSA) is 66.5 Å². The molecule has 2 aliphatic rings. The fraction of sp³-hybridized carbons (Fsp3) is 0.526. The van der Waals surface area contributed by atoms with E-state index in [-0.39, 0.29) is 18.0 Å². The molecule has 2 fully saturated rings.